The van der Waals surface area contributed by atoms with Gasteiger partial charge >= 0.3 is 0 Å². The molecule has 2 rings (SSSR count). The number of carbonyl (C=O) groups is 2. The number of amides is 2. The van der Waals surface area contributed by atoms with Crippen LogP contribution >= 0.6 is 0 Å². The van der Waals surface area contributed by atoms with E-state index in [4.69, 9.17) is 4.74 Å². The zero-order chi connectivity index (χ0) is 17.7. The van der Waals surface area contributed by atoms with Gasteiger partial charge in [0, 0.05) is 31.8 Å². The number of piperidine rings is 1. The first kappa shape index (κ1) is 18.4. The molecule has 1 aliphatic rings. The van der Waals surface area contributed by atoms with Crippen LogP contribution in [0.3, 0.4) is 0 Å². The van der Waals surface area contributed by atoms with Crippen molar-refractivity contribution < 1.29 is 18.7 Å². The third-order valence-corrected chi connectivity index (χ3v) is 4.54. The molecule has 0 unspecified atom stereocenters. The number of rotatable bonds is 5. The van der Waals surface area contributed by atoms with E-state index >= 15 is 0 Å². The van der Waals surface area contributed by atoms with Crippen molar-refractivity contribution in [2.24, 2.45) is 5.92 Å². The molecule has 1 aliphatic heterocycles. The largest absolute Gasteiger partial charge is 0.383 e. The van der Waals surface area contributed by atoms with Gasteiger partial charge in [-0.25, -0.2) is 4.39 Å². The Balaban J connectivity index is 2.05. The first-order valence-electron chi connectivity index (χ1n) is 8.27. The SMILES string of the molecule is COCCNC(=O)[C@H]1CC[C@H](C)N(C(=O)c2ccc(C)c(F)c2)C1. The zero-order valence-electron chi connectivity index (χ0n) is 14.5. The van der Waals surface area contributed by atoms with Crippen LogP contribution in [0.1, 0.15) is 35.7 Å². The lowest BCUT2D eigenvalue weighted by atomic mass is 9.92. The maximum absolute atomic E-state index is 13.7. The fourth-order valence-electron chi connectivity index (χ4n) is 2.92. The van der Waals surface area contributed by atoms with Gasteiger partial charge in [0.25, 0.3) is 5.91 Å². The predicted molar refractivity (Wildman–Crippen MR) is 89.2 cm³/mol. The molecular formula is C18H25FN2O3. The van der Waals surface area contributed by atoms with Crippen LogP contribution in [0.25, 0.3) is 0 Å². The second-order valence-electron chi connectivity index (χ2n) is 6.33. The number of hydrogen-bond acceptors (Lipinski definition) is 3. The number of aryl methyl sites for hydroxylation is 1. The van der Waals surface area contributed by atoms with E-state index in [2.05, 4.69) is 5.32 Å². The van der Waals surface area contributed by atoms with Gasteiger partial charge in [0.1, 0.15) is 5.82 Å². The average Bonchev–Trinajstić information content (AvgIpc) is 2.57. The van der Waals surface area contributed by atoms with Gasteiger partial charge in [0.05, 0.1) is 12.5 Å². The Labute approximate surface area is 142 Å². The third-order valence-electron chi connectivity index (χ3n) is 4.54. The molecule has 0 bridgehead atoms. The molecule has 132 valence electrons. The predicted octanol–water partition coefficient (Wildman–Crippen LogP) is 2.14. The second-order valence-corrected chi connectivity index (χ2v) is 6.33. The Bertz CT molecular complexity index is 606. The fourth-order valence-corrected chi connectivity index (χ4v) is 2.92. The van der Waals surface area contributed by atoms with Crippen molar-refractivity contribution in [2.75, 3.05) is 26.8 Å². The second kappa shape index (κ2) is 8.24. The van der Waals surface area contributed by atoms with Crippen LogP contribution < -0.4 is 5.32 Å². The van der Waals surface area contributed by atoms with Crippen LogP contribution in [0, 0.1) is 18.7 Å². The number of nitrogens with one attached hydrogen (secondary N) is 1. The molecule has 1 aromatic rings. The van der Waals surface area contributed by atoms with Crippen molar-refractivity contribution in [1.29, 1.82) is 0 Å². The first-order valence-corrected chi connectivity index (χ1v) is 8.27. The number of carbonyl (C=O) groups excluding carboxylic acids is 2. The third kappa shape index (κ3) is 4.32. The van der Waals surface area contributed by atoms with E-state index in [0.29, 0.717) is 30.8 Å². The quantitative estimate of drug-likeness (QED) is 0.838. The molecule has 24 heavy (non-hydrogen) atoms. The molecule has 0 aliphatic carbocycles. The maximum atomic E-state index is 13.7. The smallest absolute Gasteiger partial charge is 0.254 e. The topological polar surface area (TPSA) is 58.6 Å². The van der Waals surface area contributed by atoms with E-state index in [0.717, 1.165) is 12.8 Å². The summed E-state index contributed by atoms with van der Waals surface area (Å²) in [5.41, 5.74) is 0.832. The van der Waals surface area contributed by atoms with Crippen LogP contribution in [0.4, 0.5) is 4.39 Å². The van der Waals surface area contributed by atoms with E-state index in [-0.39, 0.29) is 29.6 Å². The highest BCUT2D eigenvalue weighted by molar-refractivity contribution is 5.95. The summed E-state index contributed by atoms with van der Waals surface area (Å²) in [6.07, 6.45) is 1.49. The lowest BCUT2D eigenvalue weighted by molar-refractivity contribution is -0.126. The van der Waals surface area contributed by atoms with E-state index in [1.54, 1.807) is 31.1 Å². The van der Waals surface area contributed by atoms with E-state index in [1.165, 1.54) is 6.07 Å². The van der Waals surface area contributed by atoms with Crippen LogP contribution in [-0.4, -0.2) is 49.6 Å². The van der Waals surface area contributed by atoms with Crippen molar-refractivity contribution >= 4 is 11.8 Å². The standard InChI is InChI=1S/C18H25FN2O3/c1-12-4-6-14(10-16(12)19)18(23)21-11-15(7-5-13(21)2)17(22)20-8-9-24-3/h4,6,10,13,15H,5,7-9,11H2,1-3H3,(H,20,22)/t13-,15-/m0/s1. The summed E-state index contributed by atoms with van der Waals surface area (Å²) in [7, 11) is 1.58. The number of likely N-dealkylation sites (tertiary alicyclic amines) is 1. The first-order chi connectivity index (χ1) is 11.4. The highest BCUT2D eigenvalue weighted by atomic mass is 19.1. The van der Waals surface area contributed by atoms with E-state index in [9.17, 15) is 14.0 Å². The fraction of sp³-hybridized carbons (Fsp3) is 0.556. The van der Waals surface area contributed by atoms with Gasteiger partial charge in [-0.3, -0.25) is 9.59 Å². The number of methoxy groups -OCH3 is 1. The number of ether oxygens (including phenoxy) is 1. The number of halogens is 1. The van der Waals surface area contributed by atoms with Crippen LogP contribution in [0.5, 0.6) is 0 Å². The number of nitrogens with zero attached hydrogens (tertiary/aromatic N) is 1. The van der Waals surface area contributed by atoms with Crippen molar-refractivity contribution in [2.45, 2.75) is 32.7 Å². The van der Waals surface area contributed by atoms with Gasteiger partial charge < -0.3 is 15.0 Å². The molecular weight excluding hydrogens is 311 g/mol. The summed E-state index contributed by atoms with van der Waals surface area (Å²) in [5, 5.41) is 2.82. The minimum Gasteiger partial charge on any atom is -0.383 e. The highest BCUT2D eigenvalue weighted by Gasteiger charge is 2.33. The molecule has 6 heteroatoms. The van der Waals surface area contributed by atoms with Gasteiger partial charge in [0.15, 0.2) is 0 Å². The molecule has 0 saturated carbocycles. The number of hydrogen-bond donors (Lipinski definition) is 1. The maximum Gasteiger partial charge on any atom is 0.254 e. The molecule has 1 aromatic carbocycles. The molecule has 2 atom stereocenters. The number of benzene rings is 1. The van der Waals surface area contributed by atoms with E-state index < -0.39 is 0 Å². The Morgan fingerprint density at radius 1 is 1.38 bits per heavy atom. The summed E-state index contributed by atoms with van der Waals surface area (Å²) in [6.45, 7) is 4.89. The van der Waals surface area contributed by atoms with Crippen molar-refractivity contribution in [3.05, 3.63) is 35.1 Å². The van der Waals surface area contributed by atoms with Gasteiger partial charge in [0.2, 0.25) is 5.91 Å². The van der Waals surface area contributed by atoms with Gasteiger partial charge in [-0.05, 0) is 44.4 Å². The van der Waals surface area contributed by atoms with Gasteiger partial charge in [-0.1, -0.05) is 6.07 Å². The normalized spacial score (nSPS) is 20.8. The van der Waals surface area contributed by atoms with Crippen LogP contribution in [0.15, 0.2) is 18.2 Å². The van der Waals surface area contributed by atoms with Crippen molar-refractivity contribution in [3.63, 3.8) is 0 Å². The molecule has 0 aromatic heterocycles. The Morgan fingerprint density at radius 2 is 2.12 bits per heavy atom. The molecule has 0 radical (unpaired) electrons. The van der Waals surface area contributed by atoms with Crippen molar-refractivity contribution in [3.8, 4) is 0 Å². The summed E-state index contributed by atoms with van der Waals surface area (Å²) in [5.74, 6) is -0.917. The summed E-state index contributed by atoms with van der Waals surface area (Å²) < 4.78 is 18.7. The Kier molecular flexibility index (Phi) is 6.31. The molecule has 1 fully saturated rings. The Morgan fingerprint density at radius 3 is 2.79 bits per heavy atom. The zero-order valence-corrected chi connectivity index (χ0v) is 14.5. The highest BCUT2D eigenvalue weighted by Crippen LogP contribution is 2.24. The molecule has 2 amide bonds. The summed E-state index contributed by atoms with van der Waals surface area (Å²) in [4.78, 5) is 26.6. The van der Waals surface area contributed by atoms with Crippen LogP contribution in [-0.2, 0) is 9.53 Å². The van der Waals surface area contributed by atoms with Gasteiger partial charge in [-0.15, -0.1) is 0 Å². The van der Waals surface area contributed by atoms with Crippen LogP contribution in [0.2, 0.25) is 0 Å². The molecule has 5 nitrogen and oxygen atoms in total. The lowest BCUT2D eigenvalue weighted by Crippen LogP contribution is -2.49. The minimum atomic E-state index is -0.389. The minimum absolute atomic E-state index is 0.0323. The monoisotopic (exact) mass is 336 g/mol. The molecule has 0 spiro atoms. The van der Waals surface area contributed by atoms with Gasteiger partial charge in [-0.2, -0.15) is 0 Å². The average molecular weight is 336 g/mol. The summed E-state index contributed by atoms with van der Waals surface area (Å²) in [6, 6.07) is 4.54. The molecule has 1 saturated heterocycles. The molecule has 1 N–H and O–H groups in total. The lowest BCUT2D eigenvalue weighted by Gasteiger charge is -2.37. The molecule has 1 heterocycles. The van der Waals surface area contributed by atoms with Crippen molar-refractivity contribution in [1.82, 2.24) is 10.2 Å². The van der Waals surface area contributed by atoms with E-state index in [1.807, 2.05) is 6.92 Å². The Hall–Kier alpha value is -1.95. The summed E-state index contributed by atoms with van der Waals surface area (Å²) >= 11 is 0.